The Morgan fingerprint density at radius 1 is 1.35 bits per heavy atom. The molecule has 1 aromatic carbocycles. The maximum Gasteiger partial charge on any atom is 0.159 e. The number of rotatable bonds is 4. The maximum atomic E-state index is 14.1. The summed E-state index contributed by atoms with van der Waals surface area (Å²) < 4.78 is 14.1. The topological polar surface area (TPSA) is 23.6 Å². The zero-order chi connectivity index (χ0) is 14.7. The van der Waals surface area contributed by atoms with Gasteiger partial charge in [-0.3, -0.25) is 9.69 Å². The molecule has 2 rings (SSSR count). The number of benzene rings is 1. The highest BCUT2D eigenvalue weighted by Crippen LogP contribution is 2.22. The van der Waals surface area contributed by atoms with Crippen molar-refractivity contribution in [2.45, 2.75) is 6.92 Å². The smallest absolute Gasteiger partial charge is 0.159 e. The molecule has 5 heteroatoms. The molecule has 0 atom stereocenters. The Balaban J connectivity index is 2.03. The third-order valence-corrected chi connectivity index (χ3v) is 3.58. The molecule has 0 spiro atoms. The molecular formula is C15H18ClFN2O. The lowest BCUT2D eigenvalue weighted by molar-refractivity contribution is 0.101. The molecule has 0 N–H and O–H groups in total. The van der Waals surface area contributed by atoms with E-state index in [0.29, 0.717) is 22.8 Å². The van der Waals surface area contributed by atoms with Crippen LogP contribution in [0.15, 0.2) is 29.8 Å². The fourth-order valence-corrected chi connectivity index (χ4v) is 2.54. The van der Waals surface area contributed by atoms with Crippen LogP contribution in [0.3, 0.4) is 0 Å². The van der Waals surface area contributed by atoms with Crippen LogP contribution in [0, 0.1) is 5.82 Å². The normalized spacial score (nSPS) is 16.2. The highest BCUT2D eigenvalue weighted by molar-refractivity contribution is 6.29. The first kappa shape index (κ1) is 15.0. The Labute approximate surface area is 123 Å². The van der Waals surface area contributed by atoms with Crippen molar-refractivity contribution >= 4 is 23.1 Å². The average molecular weight is 297 g/mol. The van der Waals surface area contributed by atoms with Crippen molar-refractivity contribution in [3.63, 3.8) is 0 Å². The van der Waals surface area contributed by atoms with E-state index in [1.54, 1.807) is 12.1 Å². The lowest BCUT2D eigenvalue weighted by Gasteiger charge is -2.36. The van der Waals surface area contributed by atoms with E-state index in [1.165, 1.54) is 13.0 Å². The van der Waals surface area contributed by atoms with Crippen molar-refractivity contribution < 1.29 is 9.18 Å². The number of Topliss-reactive ketones (excluding diaryl/α,β-unsaturated/α-hetero) is 1. The molecule has 0 bridgehead atoms. The Bertz CT molecular complexity index is 525. The first-order valence-electron chi connectivity index (χ1n) is 6.58. The minimum atomic E-state index is -0.340. The molecule has 1 heterocycles. The predicted molar refractivity (Wildman–Crippen MR) is 80.1 cm³/mol. The average Bonchev–Trinajstić information content (AvgIpc) is 2.39. The first-order chi connectivity index (χ1) is 9.47. The number of nitrogens with zero attached hydrogens (tertiary/aromatic N) is 2. The second-order valence-electron chi connectivity index (χ2n) is 5.00. The van der Waals surface area contributed by atoms with Gasteiger partial charge in [-0.2, -0.15) is 0 Å². The lowest BCUT2D eigenvalue weighted by atomic mass is 10.1. The number of hydrogen-bond donors (Lipinski definition) is 0. The molecule has 0 aliphatic carbocycles. The maximum absolute atomic E-state index is 14.1. The molecule has 0 radical (unpaired) electrons. The van der Waals surface area contributed by atoms with Gasteiger partial charge in [-0.05, 0) is 25.1 Å². The standard InChI is InChI=1S/C15H18ClFN2O/c1-11(16)10-18-5-7-19(8-6-18)15-4-3-13(12(2)20)9-14(15)17/h3-4,9H,1,5-8,10H2,2H3. The highest BCUT2D eigenvalue weighted by atomic mass is 35.5. The van der Waals surface area contributed by atoms with E-state index in [-0.39, 0.29) is 11.6 Å². The minimum absolute atomic E-state index is 0.124. The van der Waals surface area contributed by atoms with Crippen LogP contribution >= 0.6 is 11.6 Å². The molecule has 1 saturated heterocycles. The van der Waals surface area contributed by atoms with Gasteiger partial charge in [0.2, 0.25) is 0 Å². The highest BCUT2D eigenvalue weighted by Gasteiger charge is 2.20. The number of carbonyl (C=O) groups is 1. The summed E-state index contributed by atoms with van der Waals surface area (Å²) in [6, 6.07) is 4.67. The Morgan fingerprint density at radius 2 is 2.00 bits per heavy atom. The number of hydrogen-bond acceptors (Lipinski definition) is 3. The lowest BCUT2D eigenvalue weighted by Crippen LogP contribution is -2.47. The zero-order valence-electron chi connectivity index (χ0n) is 11.5. The van der Waals surface area contributed by atoms with Gasteiger partial charge in [0.15, 0.2) is 5.78 Å². The summed E-state index contributed by atoms with van der Waals surface area (Å²) in [7, 11) is 0. The number of anilines is 1. The third kappa shape index (κ3) is 3.58. The molecular weight excluding hydrogens is 279 g/mol. The van der Waals surface area contributed by atoms with Crippen molar-refractivity contribution in [1.29, 1.82) is 0 Å². The molecule has 1 aliphatic heterocycles. The van der Waals surface area contributed by atoms with Crippen molar-refractivity contribution in [3.05, 3.63) is 41.2 Å². The van der Waals surface area contributed by atoms with Crippen LogP contribution in [-0.4, -0.2) is 43.4 Å². The van der Waals surface area contributed by atoms with Crippen molar-refractivity contribution in [3.8, 4) is 0 Å². The van der Waals surface area contributed by atoms with Gasteiger partial charge < -0.3 is 4.90 Å². The van der Waals surface area contributed by atoms with Crippen LogP contribution in [0.25, 0.3) is 0 Å². The van der Waals surface area contributed by atoms with Crippen LogP contribution in [-0.2, 0) is 0 Å². The van der Waals surface area contributed by atoms with Crippen LogP contribution in [0.4, 0.5) is 10.1 Å². The van der Waals surface area contributed by atoms with Gasteiger partial charge in [-0.15, -0.1) is 0 Å². The summed E-state index contributed by atoms with van der Waals surface area (Å²) >= 11 is 5.80. The van der Waals surface area contributed by atoms with Crippen LogP contribution < -0.4 is 4.90 Å². The molecule has 1 fully saturated rings. The predicted octanol–water partition coefficient (Wildman–Crippen LogP) is 2.90. The molecule has 0 aromatic heterocycles. The third-order valence-electron chi connectivity index (χ3n) is 3.46. The van der Waals surface area contributed by atoms with Gasteiger partial charge in [-0.1, -0.05) is 18.2 Å². The van der Waals surface area contributed by atoms with Crippen molar-refractivity contribution in [2.24, 2.45) is 0 Å². The number of ketones is 1. The second kappa shape index (κ2) is 6.37. The van der Waals surface area contributed by atoms with Crippen LogP contribution in [0.5, 0.6) is 0 Å². The van der Waals surface area contributed by atoms with Gasteiger partial charge in [0, 0.05) is 43.3 Å². The Hall–Kier alpha value is -1.39. The molecule has 20 heavy (non-hydrogen) atoms. The van der Waals surface area contributed by atoms with Gasteiger partial charge in [0.1, 0.15) is 5.82 Å². The minimum Gasteiger partial charge on any atom is -0.367 e. The first-order valence-corrected chi connectivity index (χ1v) is 6.96. The fraction of sp³-hybridized carbons (Fsp3) is 0.400. The van der Waals surface area contributed by atoms with E-state index in [9.17, 15) is 9.18 Å². The SMILES string of the molecule is C=C(Cl)CN1CCN(c2ccc(C(C)=O)cc2F)CC1. The quantitative estimate of drug-likeness (QED) is 0.798. The van der Waals surface area contributed by atoms with Crippen molar-refractivity contribution in [1.82, 2.24) is 4.90 Å². The molecule has 1 aliphatic rings. The molecule has 1 aromatic rings. The second-order valence-corrected chi connectivity index (χ2v) is 5.54. The molecule has 0 saturated carbocycles. The summed E-state index contributed by atoms with van der Waals surface area (Å²) in [5, 5.41) is 0.621. The molecule has 3 nitrogen and oxygen atoms in total. The zero-order valence-corrected chi connectivity index (χ0v) is 12.3. The van der Waals surface area contributed by atoms with Gasteiger partial charge >= 0.3 is 0 Å². The van der Waals surface area contributed by atoms with Crippen molar-refractivity contribution in [2.75, 3.05) is 37.6 Å². The molecule has 0 amide bonds. The Morgan fingerprint density at radius 3 is 2.50 bits per heavy atom. The number of piperazine rings is 1. The summed E-state index contributed by atoms with van der Waals surface area (Å²) in [5.74, 6) is -0.464. The fourth-order valence-electron chi connectivity index (χ4n) is 2.37. The van der Waals surface area contributed by atoms with Gasteiger partial charge in [0.05, 0.1) is 5.69 Å². The van der Waals surface area contributed by atoms with E-state index in [1.807, 2.05) is 4.90 Å². The van der Waals surface area contributed by atoms with Gasteiger partial charge in [-0.25, -0.2) is 4.39 Å². The Kier molecular flexibility index (Phi) is 4.78. The number of carbonyl (C=O) groups excluding carboxylic acids is 1. The van der Waals surface area contributed by atoms with E-state index in [0.717, 1.165) is 26.2 Å². The van der Waals surface area contributed by atoms with Gasteiger partial charge in [0.25, 0.3) is 0 Å². The molecule has 0 unspecified atom stereocenters. The summed E-state index contributed by atoms with van der Waals surface area (Å²) in [6.45, 7) is 8.90. The number of halogens is 2. The van der Waals surface area contributed by atoms with E-state index in [2.05, 4.69) is 11.5 Å². The summed E-state index contributed by atoms with van der Waals surface area (Å²) in [6.07, 6.45) is 0. The van der Waals surface area contributed by atoms with E-state index >= 15 is 0 Å². The van der Waals surface area contributed by atoms with E-state index < -0.39 is 0 Å². The summed E-state index contributed by atoms with van der Waals surface area (Å²) in [4.78, 5) is 15.4. The van der Waals surface area contributed by atoms with Crippen LogP contribution in [0.1, 0.15) is 17.3 Å². The largest absolute Gasteiger partial charge is 0.367 e. The van der Waals surface area contributed by atoms with Crippen LogP contribution in [0.2, 0.25) is 0 Å². The molecule has 108 valence electrons. The monoisotopic (exact) mass is 296 g/mol. The van der Waals surface area contributed by atoms with E-state index in [4.69, 9.17) is 11.6 Å². The summed E-state index contributed by atoms with van der Waals surface area (Å²) in [5.41, 5.74) is 0.961.